The van der Waals surface area contributed by atoms with E-state index in [-0.39, 0.29) is 17.3 Å². The van der Waals surface area contributed by atoms with Crippen LogP contribution in [0, 0.1) is 0 Å². The number of anilines is 1. The molecule has 0 bridgehead atoms. The summed E-state index contributed by atoms with van der Waals surface area (Å²) in [5, 5.41) is 0. The van der Waals surface area contributed by atoms with Gasteiger partial charge in [0, 0.05) is 39.6 Å². The predicted octanol–water partition coefficient (Wildman–Crippen LogP) is 0.410. The highest BCUT2D eigenvalue weighted by Gasteiger charge is 2.34. The molecule has 106 valence electrons. The highest BCUT2D eigenvalue weighted by atomic mass is 16.5. The summed E-state index contributed by atoms with van der Waals surface area (Å²) in [6.07, 6.45) is 3.25. The molecule has 1 aromatic heterocycles. The van der Waals surface area contributed by atoms with Crippen molar-refractivity contribution in [2.24, 2.45) is 7.05 Å². The van der Waals surface area contributed by atoms with E-state index in [1.54, 1.807) is 26.6 Å². The summed E-state index contributed by atoms with van der Waals surface area (Å²) in [6.45, 7) is 5.78. The number of aryl methyl sites for hydroxylation is 1. The van der Waals surface area contributed by atoms with E-state index in [2.05, 4.69) is 4.98 Å². The zero-order valence-electron chi connectivity index (χ0n) is 11.9. The molecule has 19 heavy (non-hydrogen) atoms. The first-order chi connectivity index (χ1) is 8.93. The average Bonchev–Trinajstić information content (AvgIpc) is 2.31. The lowest BCUT2D eigenvalue weighted by molar-refractivity contribution is -0.106. The minimum absolute atomic E-state index is 0.0551. The van der Waals surface area contributed by atoms with E-state index in [0.29, 0.717) is 25.5 Å². The molecular formula is C13H21N3O3. The number of rotatable bonds is 3. The van der Waals surface area contributed by atoms with Crippen LogP contribution in [0.3, 0.4) is 0 Å². The van der Waals surface area contributed by atoms with Gasteiger partial charge in [0.05, 0.1) is 18.3 Å². The molecule has 2 heterocycles. The normalized spacial score (nSPS) is 22.5. The van der Waals surface area contributed by atoms with Crippen molar-refractivity contribution in [1.29, 1.82) is 0 Å². The van der Waals surface area contributed by atoms with E-state index in [0.717, 1.165) is 0 Å². The Morgan fingerprint density at radius 1 is 1.58 bits per heavy atom. The Morgan fingerprint density at radius 3 is 3.00 bits per heavy atom. The van der Waals surface area contributed by atoms with Crippen LogP contribution in [0.2, 0.25) is 0 Å². The highest BCUT2D eigenvalue weighted by Crippen LogP contribution is 2.23. The van der Waals surface area contributed by atoms with Crippen LogP contribution in [0.15, 0.2) is 17.2 Å². The smallest absolute Gasteiger partial charge is 0.293 e. The van der Waals surface area contributed by atoms with Crippen LogP contribution in [0.4, 0.5) is 5.82 Å². The summed E-state index contributed by atoms with van der Waals surface area (Å²) in [7, 11) is 3.38. The molecule has 0 saturated carbocycles. The van der Waals surface area contributed by atoms with Gasteiger partial charge < -0.3 is 18.9 Å². The summed E-state index contributed by atoms with van der Waals surface area (Å²) in [4.78, 5) is 18.3. The van der Waals surface area contributed by atoms with Crippen LogP contribution in [0.5, 0.6) is 0 Å². The van der Waals surface area contributed by atoms with Crippen molar-refractivity contribution >= 4 is 5.82 Å². The van der Waals surface area contributed by atoms with Gasteiger partial charge in [0.25, 0.3) is 5.56 Å². The van der Waals surface area contributed by atoms with Crippen molar-refractivity contribution in [2.45, 2.75) is 25.6 Å². The molecule has 0 spiro atoms. The number of nitrogens with zero attached hydrogens (tertiary/aromatic N) is 3. The topological polar surface area (TPSA) is 56.6 Å². The minimum Gasteiger partial charge on any atom is -0.382 e. The van der Waals surface area contributed by atoms with Crippen molar-refractivity contribution in [1.82, 2.24) is 9.55 Å². The lowest BCUT2D eigenvalue weighted by atomic mass is 10.1. The van der Waals surface area contributed by atoms with Gasteiger partial charge in [-0.1, -0.05) is 0 Å². The maximum absolute atomic E-state index is 12.1. The Labute approximate surface area is 113 Å². The Balaban J connectivity index is 2.28. The second-order valence-electron chi connectivity index (χ2n) is 5.50. The summed E-state index contributed by atoms with van der Waals surface area (Å²) in [6, 6.07) is 0. The lowest BCUT2D eigenvalue weighted by Crippen LogP contribution is -2.55. The molecule has 0 aromatic carbocycles. The van der Waals surface area contributed by atoms with Crippen LogP contribution in [-0.2, 0) is 16.5 Å². The molecule has 6 heteroatoms. The molecule has 0 aliphatic carbocycles. The van der Waals surface area contributed by atoms with Gasteiger partial charge in [-0.2, -0.15) is 0 Å². The molecular weight excluding hydrogens is 246 g/mol. The third-order valence-electron chi connectivity index (χ3n) is 3.13. The van der Waals surface area contributed by atoms with Crippen molar-refractivity contribution in [2.75, 3.05) is 31.7 Å². The molecule has 0 amide bonds. The van der Waals surface area contributed by atoms with Gasteiger partial charge in [-0.05, 0) is 13.8 Å². The van der Waals surface area contributed by atoms with Gasteiger partial charge in [0.15, 0.2) is 5.82 Å². The first-order valence-electron chi connectivity index (χ1n) is 6.36. The summed E-state index contributed by atoms with van der Waals surface area (Å²) >= 11 is 0. The van der Waals surface area contributed by atoms with Gasteiger partial charge in [-0.3, -0.25) is 4.79 Å². The molecule has 1 aromatic rings. The fourth-order valence-electron chi connectivity index (χ4n) is 2.43. The minimum atomic E-state index is -0.329. The number of morpholine rings is 1. The molecule has 1 aliphatic rings. The van der Waals surface area contributed by atoms with Crippen LogP contribution in [0.1, 0.15) is 13.8 Å². The Kier molecular flexibility index (Phi) is 3.91. The molecule has 0 unspecified atom stereocenters. The fraction of sp³-hybridized carbons (Fsp3) is 0.692. The maximum atomic E-state index is 12.1. The van der Waals surface area contributed by atoms with Gasteiger partial charge in [0.1, 0.15) is 0 Å². The van der Waals surface area contributed by atoms with Crippen LogP contribution in [-0.4, -0.2) is 48.1 Å². The van der Waals surface area contributed by atoms with E-state index in [4.69, 9.17) is 9.47 Å². The summed E-state index contributed by atoms with van der Waals surface area (Å²) in [5.74, 6) is 0.475. The monoisotopic (exact) mass is 267 g/mol. The van der Waals surface area contributed by atoms with Gasteiger partial charge in [0.2, 0.25) is 0 Å². The van der Waals surface area contributed by atoms with Crippen molar-refractivity contribution < 1.29 is 9.47 Å². The first-order valence-corrected chi connectivity index (χ1v) is 6.36. The van der Waals surface area contributed by atoms with E-state index in [1.807, 2.05) is 18.7 Å². The average molecular weight is 267 g/mol. The standard InChI is InChI=1S/C13H21N3O3/c1-13(2)9-16(7-10(19-13)8-18-4)11-12(17)15(3)6-5-14-11/h5-6,10H,7-9H2,1-4H3/t10-/m0/s1. The van der Waals surface area contributed by atoms with E-state index in [1.165, 1.54) is 4.57 Å². The second-order valence-corrected chi connectivity index (χ2v) is 5.50. The van der Waals surface area contributed by atoms with E-state index in [9.17, 15) is 4.79 Å². The van der Waals surface area contributed by atoms with E-state index >= 15 is 0 Å². The molecule has 1 aliphatic heterocycles. The summed E-state index contributed by atoms with van der Waals surface area (Å²) < 4.78 is 12.6. The molecule has 0 N–H and O–H groups in total. The largest absolute Gasteiger partial charge is 0.382 e. The van der Waals surface area contributed by atoms with Crippen molar-refractivity contribution in [3.8, 4) is 0 Å². The molecule has 0 radical (unpaired) electrons. The van der Waals surface area contributed by atoms with Gasteiger partial charge in [-0.15, -0.1) is 0 Å². The van der Waals surface area contributed by atoms with Gasteiger partial charge >= 0.3 is 0 Å². The fourth-order valence-corrected chi connectivity index (χ4v) is 2.43. The zero-order chi connectivity index (χ0) is 14.0. The van der Waals surface area contributed by atoms with Crippen LogP contribution < -0.4 is 10.5 Å². The first kappa shape index (κ1) is 14.0. The Hall–Kier alpha value is -1.40. The molecule has 6 nitrogen and oxygen atoms in total. The summed E-state index contributed by atoms with van der Waals surface area (Å²) in [5.41, 5.74) is -0.416. The SMILES string of the molecule is COC[C@@H]1CN(c2nccn(C)c2=O)CC(C)(C)O1. The maximum Gasteiger partial charge on any atom is 0.293 e. The predicted molar refractivity (Wildman–Crippen MR) is 72.5 cm³/mol. The zero-order valence-corrected chi connectivity index (χ0v) is 11.9. The Morgan fingerprint density at radius 2 is 2.32 bits per heavy atom. The van der Waals surface area contributed by atoms with Crippen LogP contribution >= 0.6 is 0 Å². The number of methoxy groups -OCH3 is 1. The highest BCUT2D eigenvalue weighted by molar-refractivity contribution is 5.37. The number of hydrogen-bond acceptors (Lipinski definition) is 5. The van der Waals surface area contributed by atoms with Crippen molar-refractivity contribution in [3.63, 3.8) is 0 Å². The third kappa shape index (κ3) is 3.13. The third-order valence-corrected chi connectivity index (χ3v) is 3.13. The molecule has 1 saturated heterocycles. The Bertz CT molecular complexity index is 498. The second kappa shape index (κ2) is 5.30. The number of aromatic nitrogens is 2. The quantitative estimate of drug-likeness (QED) is 0.794. The molecule has 1 fully saturated rings. The molecule has 1 atom stereocenters. The van der Waals surface area contributed by atoms with E-state index < -0.39 is 0 Å². The molecule has 2 rings (SSSR count). The lowest BCUT2D eigenvalue weighted by Gasteiger charge is -2.42. The number of hydrogen-bond donors (Lipinski definition) is 0. The van der Waals surface area contributed by atoms with Crippen molar-refractivity contribution in [3.05, 3.63) is 22.7 Å². The number of ether oxygens (including phenoxy) is 2. The van der Waals surface area contributed by atoms with Gasteiger partial charge in [-0.25, -0.2) is 4.98 Å². The van der Waals surface area contributed by atoms with Crippen LogP contribution in [0.25, 0.3) is 0 Å².